The lowest BCUT2D eigenvalue weighted by Gasteiger charge is -2.13. The highest BCUT2D eigenvalue weighted by atomic mass is 16.7. The molecule has 2 heterocycles. The summed E-state index contributed by atoms with van der Waals surface area (Å²) < 4.78 is 10.3. The molecule has 1 fully saturated rings. The summed E-state index contributed by atoms with van der Waals surface area (Å²) in [6.07, 6.45) is 1.68. The Morgan fingerprint density at radius 3 is 1.61 bits per heavy atom. The minimum Gasteiger partial charge on any atom is -0.378 e. The van der Waals surface area contributed by atoms with Crippen molar-refractivity contribution in [2.75, 3.05) is 26.4 Å². The van der Waals surface area contributed by atoms with Crippen LogP contribution < -0.4 is 0 Å². The Balaban J connectivity index is 1.45. The molecule has 0 N–H and O–H groups in total. The fourth-order valence-corrected chi connectivity index (χ4v) is 2.06. The predicted octanol–water partition coefficient (Wildman–Crippen LogP) is -1.21. The predicted molar refractivity (Wildman–Crippen MR) is 85.1 cm³/mol. The molecule has 152 valence electrons. The maximum absolute atomic E-state index is 11.5. The highest BCUT2D eigenvalue weighted by Crippen LogP contribution is 2.12. The van der Waals surface area contributed by atoms with Crippen molar-refractivity contribution in [2.45, 2.75) is 25.7 Å². The van der Waals surface area contributed by atoms with Gasteiger partial charge in [0.15, 0.2) is 0 Å². The second-order valence-corrected chi connectivity index (χ2v) is 5.54. The first-order valence-electron chi connectivity index (χ1n) is 8.37. The van der Waals surface area contributed by atoms with Crippen molar-refractivity contribution in [3.8, 4) is 0 Å². The molecule has 0 radical (unpaired) electrons. The molecule has 4 amide bonds. The van der Waals surface area contributed by atoms with Crippen LogP contribution in [0.5, 0.6) is 0 Å². The van der Waals surface area contributed by atoms with Crippen LogP contribution in [0.25, 0.3) is 0 Å². The van der Waals surface area contributed by atoms with Crippen molar-refractivity contribution in [1.82, 2.24) is 10.1 Å². The average Bonchev–Trinajstić information content (AvgIpc) is 3.14. The molecule has 12 nitrogen and oxygen atoms in total. The molecule has 0 bridgehead atoms. The highest BCUT2D eigenvalue weighted by Gasteiger charge is 2.32. The van der Waals surface area contributed by atoms with Crippen molar-refractivity contribution in [3.05, 3.63) is 12.2 Å². The van der Waals surface area contributed by atoms with Gasteiger partial charge in [0, 0.05) is 25.0 Å². The fourth-order valence-electron chi connectivity index (χ4n) is 2.06. The molecule has 2 rings (SSSR count). The molecule has 28 heavy (non-hydrogen) atoms. The van der Waals surface area contributed by atoms with E-state index >= 15 is 0 Å². The number of hydrogen-bond donors (Lipinski definition) is 0. The quantitative estimate of drug-likeness (QED) is 0.307. The third-order valence-electron chi connectivity index (χ3n) is 3.43. The minimum atomic E-state index is -0.805. The van der Waals surface area contributed by atoms with Crippen molar-refractivity contribution in [3.63, 3.8) is 0 Å². The van der Waals surface area contributed by atoms with E-state index in [1.807, 2.05) is 0 Å². The van der Waals surface area contributed by atoms with Gasteiger partial charge in [-0.3, -0.25) is 19.2 Å². The fraction of sp³-hybridized carbons (Fsp3) is 0.500. The van der Waals surface area contributed by atoms with Gasteiger partial charge in [-0.1, -0.05) is 5.06 Å². The molecular weight excluding hydrogens is 380 g/mol. The monoisotopic (exact) mass is 398 g/mol. The van der Waals surface area contributed by atoms with Gasteiger partial charge in [0.05, 0.1) is 39.3 Å². The van der Waals surface area contributed by atoms with Gasteiger partial charge in [0.1, 0.15) is 0 Å². The van der Waals surface area contributed by atoms with Crippen LogP contribution in [0.15, 0.2) is 12.2 Å². The summed E-state index contributed by atoms with van der Waals surface area (Å²) in [7, 11) is 0. The van der Waals surface area contributed by atoms with Gasteiger partial charge in [-0.2, -0.15) is 0 Å². The average molecular weight is 398 g/mol. The second-order valence-electron chi connectivity index (χ2n) is 5.54. The zero-order valence-electron chi connectivity index (χ0n) is 14.8. The lowest BCUT2D eigenvalue weighted by molar-refractivity contribution is -0.198. The van der Waals surface area contributed by atoms with Crippen LogP contribution in [0.3, 0.4) is 0 Å². The van der Waals surface area contributed by atoms with Gasteiger partial charge in [0.25, 0.3) is 23.6 Å². The van der Waals surface area contributed by atoms with Crippen molar-refractivity contribution in [2.24, 2.45) is 0 Å². The Bertz CT molecular complexity index is 646. The zero-order valence-corrected chi connectivity index (χ0v) is 14.8. The highest BCUT2D eigenvalue weighted by molar-refractivity contribution is 6.12. The molecule has 0 aromatic rings. The van der Waals surface area contributed by atoms with Gasteiger partial charge in [-0.15, -0.1) is 5.06 Å². The molecule has 0 atom stereocenters. The van der Waals surface area contributed by atoms with Crippen LogP contribution in [0.4, 0.5) is 0 Å². The van der Waals surface area contributed by atoms with Crippen LogP contribution in [0.1, 0.15) is 25.7 Å². The van der Waals surface area contributed by atoms with E-state index in [4.69, 9.17) is 9.47 Å². The van der Waals surface area contributed by atoms with E-state index in [1.165, 1.54) is 0 Å². The van der Waals surface area contributed by atoms with E-state index in [1.54, 1.807) is 0 Å². The van der Waals surface area contributed by atoms with E-state index in [0.29, 0.717) is 10.1 Å². The molecule has 0 aromatic heterocycles. The summed E-state index contributed by atoms with van der Waals surface area (Å²) in [5.74, 6) is -4.15. The largest absolute Gasteiger partial charge is 0.378 e. The molecular formula is C16H18N2O10. The van der Waals surface area contributed by atoms with Crippen LogP contribution in [0, 0.1) is 0 Å². The Morgan fingerprint density at radius 1 is 0.714 bits per heavy atom. The number of carbonyl (C=O) groups excluding carboxylic acids is 6. The van der Waals surface area contributed by atoms with Gasteiger partial charge >= 0.3 is 11.9 Å². The lowest BCUT2D eigenvalue weighted by Crippen LogP contribution is -2.33. The van der Waals surface area contributed by atoms with Gasteiger partial charge in [-0.05, 0) is 0 Å². The zero-order chi connectivity index (χ0) is 20.5. The maximum atomic E-state index is 11.5. The third kappa shape index (κ3) is 6.25. The summed E-state index contributed by atoms with van der Waals surface area (Å²) in [5, 5.41) is 0.817. The van der Waals surface area contributed by atoms with Gasteiger partial charge < -0.3 is 19.1 Å². The van der Waals surface area contributed by atoms with Crippen molar-refractivity contribution in [1.29, 1.82) is 0 Å². The molecule has 0 aliphatic carbocycles. The Hall–Kier alpha value is -3.12. The first-order chi connectivity index (χ1) is 13.4. The minimum absolute atomic E-state index is 0.00730. The van der Waals surface area contributed by atoms with Crippen LogP contribution in [-0.4, -0.2) is 72.1 Å². The summed E-state index contributed by atoms with van der Waals surface area (Å²) in [6, 6.07) is 0. The molecule has 0 aromatic carbocycles. The number of ether oxygens (including phenoxy) is 2. The van der Waals surface area contributed by atoms with E-state index < -0.39 is 35.6 Å². The van der Waals surface area contributed by atoms with Crippen LogP contribution in [0.2, 0.25) is 0 Å². The number of rotatable bonds is 11. The standard InChI is InChI=1S/C16H18N2O10/c19-11-1-2-12(20)17(11)27-15(23)5-7-25-9-10-26-8-6-16(24)28-18-13(21)3-4-14(18)22/h1-2H,3-10H2. The number of hydroxylamine groups is 4. The summed E-state index contributed by atoms with van der Waals surface area (Å²) in [4.78, 5) is 77.2. The SMILES string of the molecule is O=C(CCOCCOCCC(=O)ON1C(=O)CCC1=O)ON1C(=O)C=CC1=O. The van der Waals surface area contributed by atoms with Gasteiger partial charge in [-0.25, -0.2) is 9.59 Å². The maximum Gasteiger partial charge on any atom is 0.335 e. The normalized spacial score (nSPS) is 16.3. The number of nitrogens with zero attached hydrogens (tertiary/aromatic N) is 2. The summed E-state index contributed by atoms with van der Waals surface area (Å²) >= 11 is 0. The number of carbonyl (C=O) groups is 6. The van der Waals surface area contributed by atoms with Crippen LogP contribution in [-0.2, 0) is 47.9 Å². The van der Waals surface area contributed by atoms with E-state index in [0.717, 1.165) is 12.2 Å². The smallest absolute Gasteiger partial charge is 0.335 e. The van der Waals surface area contributed by atoms with E-state index in [9.17, 15) is 28.8 Å². The molecule has 1 saturated heterocycles. The van der Waals surface area contributed by atoms with Crippen LogP contribution >= 0.6 is 0 Å². The molecule has 0 saturated carbocycles. The molecule has 0 unspecified atom stereocenters. The number of amides is 4. The Kier molecular flexibility index (Phi) is 7.77. The first-order valence-corrected chi connectivity index (χ1v) is 8.37. The van der Waals surface area contributed by atoms with E-state index in [-0.39, 0.29) is 52.1 Å². The molecule has 12 heteroatoms. The lowest BCUT2D eigenvalue weighted by atomic mass is 10.4. The van der Waals surface area contributed by atoms with Crippen molar-refractivity contribution >= 4 is 35.6 Å². The first kappa shape index (κ1) is 21.2. The third-order valence-corrected chi connectivity index (χ3v) is 3.43. The van der Waals surface area contributed by atoms with Gasteiger partial charge in [0.2, 0.25) is 0 Å². The topological polar surface area (TPSA) is 146 Å². The second kappa shape index (κ2) is 10.3. The Morgan fingerprint density at radius 2 is 1.14 bits per heavy atom. The van der Waals surface area contributed by atoms with E-state index in [2.05, 4.69) is 9.68 Å². The van der Waals surface area contributed by atoms with Crippen molar-refractivity contribution < 1.29 is 47.9 Å². The number of hydrogen-bond acceptors (Lipinski definition) is 10. The summed E-state index contributed by atoms with van der Waals surface area (Å²) in [5.41, 5.74) is 0. The Labute approximate surface area is 158 Å². The summed E-state index contributed by atoms with van der Waals surface area (Å²) in [6.45, 7) is 0.213. The molecule has 2 aliphatic rings. The number of imide groups is 2. The molecule has 0 spiro atoms. The molecule has 2 aliphatic heterocycles.